The number of nitrogens with one attached hydrogen (secondary N) is 2. The van der Waals surface area contributed by atoms with Gasteiger partial charge in [0.2, 0.25) is 0 Å². The molecule has 0 amide bonds. The molecule has 5 nitrogen and oxygen atoms in total. The average Bonchev–Trinajstić information content (AvgIpc) is 3.07. The number of hydrogen-bond acceptors (Lipinski definition) is 4. The Hall–Kier alpha value is -2.29. The molecule has 0 atom stereocenters. The van der Waals surface area contributed by atoms with Crippen molar-refractivity contribution < 1.29 is 17.9 Å². The van der Waals surface area contributed by atoms with Gasteiger partial charge >= 0.3 is 6.18 Å². The maximum atomic E-state index is 12.2. The Morgan fingerprint density at radius 3 is 2.58 bits per heavy atom. The van der Waals surface area contributed by atoms with Crippen LogP contribution >= 0.6 is 11.3 Å². The molecule has 0 radical (unpaired) electrons. The second-order valence-electron chi connectivity index (χ2n) is 5.36. The van der Waals surface area contributed by atoms with Crippen molar-refractivity contribution in [2.75, 3.05) is 20.2 Å². The molecule has 0 saturated heterocycles. The number of rotatable bonds is 7. The fraction of sp³-hybridized carbons (Fsp3) is 0.412. The first-order chi connectivity index (χ1) is 12.4. The van der Waals surface area contributed by atoms with E-state index in [1.165, 1.54) is 11.3 Å². The van der Waals surface area contributed by atoms with Crippen molar-refractivity contribution in [2.24, 2.45) is 4.99 Å². The summed E-state index contributed by atoms with van der Waals surface area (Å²) in [5, 5.41) is 8.35. The third kappa shape index (κ3) is 6.55. The lowest BCUT2D eigenvalue weighted by Gasteiger charge is -2.12. The third-order valence-electron chi connectivity index (χ3n) is 3.33. The third-order valence-corrected chi connectivity index (χ3v) is 4.27. The lowest BCUT2D eigenvalue weighted by atomic mass is 10.2. The van der Waals surface area contributed by atoms with Gasteiger partial charge in [0.15, 0.2) is 5.96 Å². The molecule has 0 unspecified atom stereocenters. The van der Waals surface area contributed by atoms with E-state index < -0.39 is 12.6 Å². The standard InChI is InChI=1S/C17H21F3N4OS/c1-3-21-16(22-9-8-17(18,19)20)23-10-13-11-26-15(24-13)12-4-6-14(25-2)7-5-12/h4-7,11H,3,8-10H2,1-2H3,(H2,21,22,23). The zero-order valence-corrected chi connectivity index (χ0v) is 15.4. The molecule has 0 aliphatic carbocycles. The molecule has 9 heteroatoms. The molecule has 0 spiro atoms. The molecular weight excluding hydrogens is 365 g/mol. The number of ether oxygens (including phenoxy) is 1. The minimum atomic E-state index is -4.19. The van der Waals surface area contributed by atoms with Crippen LogP contribution in [-0.2, 0) is 6.54 Å². The molecule has 2 N–H and O–H groups in total. The normalized spacial score (nSPS) is 12.1. The van der Waals surface area contributed by atoms with Crippen LogP contribution in [0.15, 0.2) is 34.6 Å². The molecule has 2 rings (SSSR count). The first-order valence-corrected chi connectivity index (χ1v) is 8.97. The molecule has 1 aromatic heterocycles. The summed E-state index contributed by atoms with van der Waals surface area (Å²) in [7, 11) is 1.61. The maximum absolute atomic E-state index is 12.2. The number of aliphatic imine (C=N–C) groups is 1. The van der Waals surface area contributed by atoms with Crippen molar-refractivity contribution >= 4 is 17.3 Å². The molecule has 2 aromatic rings. The number of methoxy groups -OCH3 is 1. The molecule has 0 saturated carbocycles. The zero-order chi connectivity index (χ0) is 19.0. The van der Waals surface area contributed by atoms with Gasteiger partial charge in [-0.3, -0.25) is 0 Å². The van der Waals surface area contributed by atoms with Crippen LogP contribution < -0.4 is 15.4 Å². The van der Waals surface area contributed by atoms with Gasteiger partial charge in [-0.15, -0.1) is 11.3 Å². The summed E-state index contributed by atoms with van der Waals surface area (Å²) in [6.45, 7) is 2.48. The van der Waals surface area contributed by atoms with E-state index in [9.17, 15) is 13.2 Å². The zero-order valence-electron chi connectivity index (χ0n) is 14.6. The van der Waals surface area contributed by atoms with Gasteiger partial charge in [-0.25, -0.2) is 9.98 Å². The highest BCUT2D eigenvalue weighted by Gasteiger charge is 2.26. The van der Waals surface area contributed by atoms with Gasteiger partial charge in [0.1, 0.15) is 10.8 Å². The lowest BCUT2D eigenvalue weighted by molar-refractivity contribution is -0.132. The van der Waals surface area contributed by atoms with Gasteiger partial charge in [-0.2, -0.15) is 13.2 Å². The fourth-order valence-electron chi connectivity index (χ4n) is 2.07. The smallest absolute Gasteiger partial charge is 0.390 e. The quantitative estimate of drug-likeness (QED) is 0.561. The summed E-state index contributed by atoms with van der Waals surface area (Å²) in [5.41, 5.74) is 1.73. The first kappa shape index (κ1) is 20.0. The molecule has 26 heavy (non-hydrogen) atoms. The first-order valence-electron chi connectivity index (χ1n) is 8.09. The van der Waals surface area contributed by atoms with Gasteiger partial charge in [0.05, 0.1) is 25.8 Å². The maximum Gasteiger partial charge on any atom is 0.390 e. The highest BCUT2D eigenvalue weighted by molar-refractivity contribution is 7.13. The number of thiazole rings is 1. The Kier molecular flexibility index (Phi) is 7.26. The van der Waals surface area contributed by atoms with Crippen LogP contribution in [0.2, 0.25) is 0 Å². The molecule has 1 heterocycles. The van der Waals surface area contributed by atoms with E-state index in [0.717, 1.165) is 22.0 Å². The second kappa shape index (κ2) is 9.42. The largest absolute Gasteiger partial charge is 0.497 e. The van der Waals surface area contributed by atoms with Crippen molar-refractivity contribution in [3.05, 3.63) is 35.3 Å². The van der Waals surface area contributed by atoms with E-state index in [-0.39, 0.29) is 13.1 Å². The van der Waals surface area contributed by atoms with Crippen LogP contribution in [0.1, 0.15) is 19.0 Å². The van der Waals surface area contributed by atoms with Crippen molar-refractivity contribution in [2.45, 2.75) is 26.1 Å². The number of nitrogens with zero attached hydrogens (tertiary/aromatic N) is 2. The van der Waals surface area contributed by atoms with E-state index in [4.69, 9.17) is 4.74 Å². The minimum Gasteiger partial charge on any atom is -0.497 e. The molecule has 0 bridgehead atoms. The van der Waals surface area contributed by atoms with E-state index in [1.807, 2.05) is 36.6 Å². The SMILES string of the molecule is CCNC(=NCc1csc(-c2ccc(OC)cc2)n1)NCCC(F)(F)F. The fourth-order valence-corrected chi connectivity index (χ4v) is 2.89. The van der Waals surface area contributed by atoms with Gasteiger partial charge in [0.25, 0.3) is 0 Å². The van der Waals surface area contributed by atoms with Crippen LogP contribution in [0, 0.1) is 0 Å². The van der Waals surface area contributed by atoms with Gasteiger partial charge < -0.3 is 15.4 Å². The van der Waals surface area contributed by atoms with Gasteiger partial charge in [0, 0.05) is 24.0 Å². The van der Waals surface area contributed by atoms with Crippen LogP contribution in [0.4, 0.5) is 13.2 Å². The number of alkyl halides is 3. The summed E-state index contributed by atoms with van der Waals surface area (Å²) in [4.78, 5) is 8.81. The summed E-state index contributed by atoms with van der Waals surface area (Å²) in [5.74, 6) is 1.12. The molecule has 0 aliphatic rings. The molecule has 142 valence electrons. The van der Waals surface area contributed by atoms with Crippen molar-refractivity contribution in [3.8, 4) is 16.3 Å². The summed E-state index contributed by atoms with van der Waals surface area (Å²) in [6, 6.07) is 7.58. The van der Waals surface area contributed by atoms with Gasteiger partial charge in [-0.1, -0.05) is 0 Å². The topological polar surface area (TPSA) is 58.5 Å². The highest BCUT2D eigenvalue weighted by Crippen LogP contribution is 2.26. The minimum absolute atomic E-state index is 0.219. The lowest BCUT2D eigenvalue weighted by Crippen LogP contribution is -2.38. The summed E-state index contributed by atoms with van der Waals surface area (Å²) >= 11 is 1.49. The van der Waals surface area contributed by atoms with E-state index >= 15 is 0 Å². The number of guanidine groups is 1. The number of benzene rings is 1. The van der Waals surface area contributed by atoms with Crippen molar-refractivity contribution in [1.29, 1.82) is 0 Å². The van der Waals surface area contributed by atoms with E-state index in [2.05, 4.69) is 20.6 Å². The van der Waals surface area contributed by atoms with Crippen LogP contribution in [0.3, 0.4) is 0 Å². The van der Waals surface area contributed by atoms with Crippen LogP contribution in [0.5, 0.6) is 5.75 Å². The van der Waals surface area contributed by atoms with Crippen LogP contribution in [0.25, 0.3) is 10.6 Å². The predicted molar refractivity (Wildman–Crippen MR) is 97.6 cm³/mol. The molecular formula is C17H21F3N4OS. The van der Waals surface area contributed by atoms with E-state index in [0.29, 0.717) is 12.5 Å². The van der Waals surface area contributed by atoms with Crippen LogP contribution in [-0.4, -0.2) is 37.3 Å². The molecule has 0 fully saturated rings. The second-order valence-corrected chi connectivity index (χ2v) is 6.22. The Bertz CT molecular complexity index is 714. The molecule has 0 aliphatic heterocycles. The van der Waals surface area contributed by atoms with Gasteiger partial charge in [-0.05, 0) is 31.2 Å². The summed E-state index contributed by atoms with van der Waals surface area (Å²) in [6.07, 6.45) is -5.10. The van der Waals surface area contributed by atoms with E-state index in [1.54, 1.807) is 7.11 Å². The Balaban J connectivity index is 1.97. The molecule has 1 aromatic carbocycles. The highest BCUT2D eigenvalue weighted by atomic mass is 32.1. The number of halogens is 3. The average molecular weight is 386 g/mol. The van der Waals surface area contributed by atoms with Crippen molar-refractivity contribution in [3.63, 3.8) is 0 Å². The monoisotopic (exact) mass is 386 g/mol. The summed E-state index contributed by atoms with van der Waals surface area (Å²) < 4.78 is 41.8. The number of aromatic nitrogens is 1. The Morgan fingerprint density at radius 2 is 1.96 bits per heavy atom. The predicted octanol–water partition coefficient (Wildman–Crippen LogP) is 3.83. The Labute approximate surface area is 154 Å². The number of hydrogen-bond donors (Lipinski definition) is 2. The Morgan fingerprint density at radius 1 is 1.23 bits per heavy atom. The van der Waals surface area contributed by atoms with Crippen molar-refractivity contribution in [1.82, 2.24) is 15.6 Å².